The van der Waals surface area contributed by atoms with Crippen molar-refractivity contribution < 1.29 is 52.4 Å². The first-order valence-corrected chi connectivity index (χ1v) is 31.7. The third-order valence-electron chi connectivity index (χ3n) is 17.1. The van der Waals surface area contributed by atoms with Gasteiger partial charge in [-0.25, -0.2) is 5.84 Å². The molecule has 1 spiro atoms. The number of amides is 4. The lowest BCUT2D eigenvalue weighted by atomic mass is 9.77. The summed E-state index contributed by atoms with van der Waals surface area (Å²) in [5.74, 6) is 7.40. The number of hydrogen-bond acceptors (Lipinski definition) is 18. The Hall–Kier alpha value is -7.28. The van der Waals surface area contributed by atoms with Gasteiger partial charge in [0.15, 0.2) is 5.82 Å². The highest BCUT2D eigenvalue weighted by Crippen LogP contribution is 2.54. The van der Waals surface area contributed by atoms with Crippen LogP contribution in [0.1, 0.15) is 114 Å². The molecule has 3 atom stereocenters. The molecule has 3 fully saturated rings. The Morgan fingerprint density at radius 1 is 0.888 bits per heavy atom. The standard InChI is InChI=1S/C47H66ClN7O11.C17H15ClN4S/c1-30(56)51-17-21-63-20-14-42(57)52-18-22-64-28-39(53(2)50)37(49)27-65-40-12-11-36(48)35-13-19-55(38(44(35)40)25-54-29-47(15-16-47)24-43(54)58)45(59)33-7-5-6-8-34(33)46(60)66-26-31-9-10-32(61-3)23-41(31)62-4;1-9-10(2)23-17-15(9)16(12-4-6-13(18)7-5-12)19-8-14-21-20-11(3)22(14)17/h9-12,23,33-34,38H,5-8,13-22,24-29,49-50H2,1-4H3,(H,51,56)(H,52,57);4-7H,8H2,1-3H3/b39-37-;. The third-order valence-corrected chi connectivity index (χ3v) is 18.9. The van der Waals surface area contributed by atoms with Crippen LogP contribution >= 0.6 is 34.5 Å². The molecule has 3 aliphatic heterocycles. The second-order valence-electron chi connectivity index (χ2n) is 23.2. The third kappa shape index (κ3) is 16.0. The lowest BCUT2D eigenvalue weighted by Gasteiger charge is -2.43. The molecule has 6 N–H and O–H groups in total. The number of aromatic nitrogens is 3. The van der Waals surface area contributed by atoms with Crippen LogP contribution in [0.15, 0.2) is 71.0 Å². The summed E-state index contributed by atoms with van der Waals surface area (Å²) in [6, 6.07) is 16.1. The van der Waals surface area contributed by atoms with Gasteiger partial charge in [0.1, 0.15) is 47.8 Å². The van der Waals surface area contributed by atoms with Crippen LogP contribution in [-0.2, 0) is 57.8 Å². The van der Waals surface area contributed by atoms with E-state index in [1.807, 2.05) is 41.0 Å². The van der Waals surface area contributed by atoms with Crippen LogP contribution in [0.5, 0.6) is 17.2 Å². The first kappa shape index (κ1) is 66.1. The number of carbonyl (C=O) groups is 5. The van der Waals surface area contributed by atoms with Crippen molar-refractivity contribution >= 4 is 69.8 Å². The summed E-state index contributed by atoms with van der Waals surface area (Å²) in [6.07, 6.45) is 5.67. The smallest absolute Gasteiger partial charge is 0.310 e. The minimum atomic E-state index is -0.654. The van der Waals surface area contributed by atoms with E-state index in [0.717, 1.165) is 64.2 Å². The lowest BCUT2D eigenvalue weighted by Crippen LogP contribution is -2.50. The summed E-state index contributed by atoms with van der Waals surface area (Å²) in [5.41, 5.74) is 14.1. The normalized spacial score (nSPS) is 18.2. The molecule has 5 aromatic rings. The number of likely N-dealkylation sites (N-methyl/N-ethyl adjacent to an activating group) is 1. The highest BCUT2D eigenvalue weighted by atomic mass is 35.5. The van der Waals surface area contributed by atoms with Crippen molar-refractivity contribution in [1.82, 2.24) is 40.2 Å². The fraction of sp³-hybridized carbons (Fsp3) is 0.500. The van der Waals surface area contributed by atoms with Crippen LogP contribution in [0.2, 0.25) is 10.0 Å². The quantitative estimate of drug-likeness (QED) is 0.0200. The lowest BCUT2D eigenvalue weighted by molar-refractivity contribution is -0.159. The Balaban J connectivity index is 0.000000338. The van der Waals surface area contributed by atoms with Crippen molar-refractivity contribution in [3.8, 4) is 22.2 Å². The number of nitrogens with one attached hydrogen (secondary N) is 2. The molecule has 1 saturated heterocycles. The zero-order chi connectivity index (χ0) is 63.5. The van der Waals surface area contributed by atoms with Crippen LogP contribution in [0, 0.1) is 38.0 Å². The van der Waals surface area contributed by atoms with Crippen LogP contribution in [-0.4, -0.2) is 152 Å². The fourth-order valence-electron chi connectivity index (χ4n) is 12.0. The van der Waals surface area contributed by atoms with Crippen molar-refractivity contribution in [3.05, 3.63) is 126 Å². The Bertz CT molecular complexity index is 3460. The molecule has 22 nitrogen and oxygen atoms in total. The topological polar surface area (TPSA) is 270 Å². The van der Waals surface area contributed by atoms with E-state index in [0.29, 0.717) is 103 Å². The molecule has 0 bridgehead atoms. The summed E-state index contributed by atoms with van der Waals surface area (Å²) < 4.78 is 36.6. The molecule has 3 aromatic carbocycles. The number of esters is 1. The second kappa shape index (κ2) is 30.0. The molecule has 25 heteroatoms. The van der Waals surface area contributed by atoms with Crippen molar-refractivity contribution in [1.29, 1.82) is 0 Å². The molecule has 2 saturated carbocycles. The van der Waals surface area contributed by atoms with Gasteiger partial charge in [-0.2, -0.15) is 0 Å². The number of halogens is 2. The molecule has 5 aliphatic rings. The van der Waals surface area contributed by atoms with E-state index in [-0.39, 0.29) is 81.6 Å². The number of nitrogens with two attached hydrogens (primary N) is 2. The van der Waals surface area contributed by atoms with Crippen molar-refractivity contribution in [2.24, 2.45) is 33.8 Å². The first-order chi connectivity index (χ1) is 42.8. The number of nitrogens with zero attached hydrogens (tertiary/aromatic N) is 7. The number of hydrogen-bond donors (Lipinski definition) is 4. The molecular weight excluding hydrogens is 1200 g/mol. The number of thiophene rings is 1. The zero-order valence-electron chi connectivity index (χ0n) is 51.7. The number of aliphatic imine (C=N–C) groups is 1. The average molecular weight is 1280 g/mol. The summed E-state index contributed by atoms with van der Waals surface area (Å²) in [5, 5.41) is 17.7. The molecule has 4 amide bonds. The highest BCUT2D eigenvalue weighted by molar-refractivity contribution is 7.15. The molecule has 0 radical (unpaired) electrons. The number of ether oxygens (including phenoxy) is 6. The number of likely N-dealkylation sites (tertiary alicyclic amines) is 1. The van der Waals surface area contributed by atoms with Crippen molar-refractivity contribution in [2.45, 2.75) is 105 Å². The van der Waals surface area contributed by atoms with E-state index in [1.54, 1.807) is 62.9 Å². The Morgan fingerprint density at radius 3 is 2.34 bits per heavy atom. The minimum Gasteiger partial charge on any atom is -0.497 e. The average Bonchev–Trinajstić information content (AvgIpc) is 1.81. The number of hydrazine groups is 1. The van der Waals surface area contributed by atoms with E-state index in [9.17, 15) is 19.2 Å². The molecule has 3 unspecified atom stereocenters. The number of methoxy groups -OCH3 is 2. The predicted octanol–water partition coefficient (Wildman–Crippen LogP) is 7.63. The molecule has 5 heterocycles. The van der Waals surface area contributed by atoms with E-state index >= 15 is 4.79 Å². The number of aryl methyl sites for hydroxylation is 2. The van der Waals surface area contributed by atoms with E-state index in [4.69, 9.17) is 68.2 Å². The van der Waals surface area contributed by atoms with Crippen LogP contribution in [0.25, 0.3) is 5.00 Å². The van der Waals surface area contributed by atoms with Gasteiger partial charge >= 0.3 is 5.97 Å². The van der Waals surface area contributed by atoms with Crippen LogP contribution < -0.4 is 36.4 Å². The second-order valence-corrected chi connectivity index (χ2v) is 25.3. The maximum absolute atomic E-state index is 15.0. The molecule has 89 heavy (non-hydrogen) atoms. The number of carbonyl (C=O) groups excluding carboxylic acids is 5. The van der Waals surface area contributed by atoms with Gasteiger partial charge in [0, 0.05) is 103 Å². The van der Waals surface area contributed by atoms with Crippen molar-refractivity contribution in [2.75, 3.05) is 87.0 Å². The maximum atomic E-state index is 15.0. The molecule has 10 rings (SSSR count). The van der Waals surface area contributed by atoms with Gasteiger partial charge in [0.05, 0.1) is 75.6 Å². The van der Waals surface area contributed by atoms with Crippen molar-refractivity contribution in [3.63, 3.8) is 0 Å². The highest BCUT2D eigenvalue weighted by Gasteiger charge is 2.53. The van der Waals surface area contributed by atoms with E-state index < -0.39 is 23.8 Å². The SMILES string of the molecule is COc1ccc(COC(=O)C2CCCCC2C(=O)N2CCc3c(Cl)ccc(OC/C(N)=C(\COCCNC(=O)CCOCCNC(C)=O)N(C)N)c3C2CN2CC3(CC3)CC2=O)c(OC)c1.Cc1sc2c(c1C)C(c1ccc(Cl)cc1)=NCc1nnc(C)n1-2. The number of fused-ring (bicyclic) bond motifs is 4. The van der Waals surface area contributed by atoms with Gasteiger partial charge in [-0.15, -0.1) is 21.5 Å². The summed E-state index contributed by atoms with van der Waals surface area (Å²) in [7, 11) is 4.74. The fourth-order valence-corrected chi connectivity index (χ4v) is 13.6. The van der Waals surface area contributed by atoms with E-state index in [2.05, 4.69) is 39.2 Å². The van der Waals surface area contributed by atoms with Gasteiger partial charge in [0.25, 0.3) is 0 Å². The van der Waals surface area contributed by atoms with Gasteiger partial charge in [-0.05, 0) is 106 Å². The minimum absolute atomic E-state index is 0.00945. The number of rotatable bonds is 24. The van der Waals surface area contributed by atoms with Gasteiger partial charge in [-0.3, -0.25) is 33.5 Å². The first-order valence-electron chi connectivity index (χ1n) is 30.1. The van der Waals surface area contributed by atoms with Gasteiger partial charge in [-0.1, -0.05) is 48.2 Å². The predicted molar refractivity (Wildman–Crippen MR) is 338 cm³/mol. The zero-order valence-corrected chi connectivity index (χ0v) is 54.0. The van der Waals surface area contributed by atoms with E-state index in [1.165, 1.54) is 27.9 Å². The van der Waals surface area contributed by atoms with Gasteiger partial charge < -0.3 is 59.6 Å². The molecular formula is C64H81Cl2N11O11S. The summed E-state index contributed by atoms with van der Waals surface area (Å²) in [6.45, 7) is 10.7. The summed E-state index contributed by atoms with van der Waals surface area (Å²) >= 11 is 14.7. The Labute approximate surface area is 533 Å². The monoisotopic (exact) mass is 1280 g/mol. The molecule has 2 aromatic heterocycles. The molecule has 478 valence electrons. The van der Waals surface area contributed by atoms with Crippen LogP contribution in [0.4, 0.5) is 0 Å². The Morgan fingerprint density at radius 2 is 1.63 bits per heavy atom. The van der Waals surface area contributed by atoms with Crippen LogP contribution in [0.3, 0.4) is 0 Å². The summed E-state index contributed by atoms with van der Waals surface area (Å²) in [4.78, 5) is 75.5. The number of benzene rings is 3. The Kier molecular flexibility index (Phi) is 22.3. The molecule has 2 aliphatic carbocycles. The van der Waals surface area contributed by atoms with Gasteiger partial charge in [0.2, 0.25) is 23.6 Å². The largest absolute Gasteiger partial charge is 0.497 e. The maximum Gasteiger partial charge on any atom is 0.310 e.